The van der Waals surface area contributed by atoms with Crippen molar-refractivity contribution < 1.29 is 4.79 Å². The van der Waals surface area contributed by atoms with Crippen molar-refractivity contribution in [3.8, 4) is 0 Å². The second-order valence-electron chi connectivity index (χ2n) is 3.09. The minimum atomic E-state index is -0.0490. The number of alkyl halides is 1. The smallest absolute Gasteiger partial charge is 0.226 e. The number of thiazole rings is 1. The summed E-state index contributed by atoms with van der Waals surface area (Å²) in [6.45, 7) is 0. The molecule has 6 heteroatoms. The number of nitrogens with one attached hydrogen (secondary N) is 1. The summed E-state index contributed by atoms with van der Waals surface area (Å²) in [7, 11) is 0. The highest BCUT2D eigenvalue weighted by Gasteiger charge is 2.08. The summed E-state index contributed by atoms with van der Waals surface area (Å²) in [5.74, 6) is -0.0490. The van der Waals surface area contributed by atoms with Crippen LogP contribution in [-0.4, -0.2) is 16.2 Å². The average Bonchev–Trinajstić information content (AvgIpc) is 2.62. The van der Waals surface area contributed by atoms with Crippen LogP contribution >= 0.6 is 38.9 Å². The standard InChI is InChI=1S/C10H8BrClN2OS/c11-5-4-8(15)13-10-14-9-6(12)2-1-3-7(9)16-10/h1-3H,4-5H2,(H,13,14,15). The van der Waals surface area contributed by atoms with Crippen LogP contribution in [0.3, 0.4) is 0 Å². The van der Waals surface area contributed by atoms with E-state index in [4.69, 9.17) is 11.6 Å². The number of carbonyl (C=O) groups excluding carboxylic acids is 1. The van der Waals surface area contributed by atoms with Crippen molar-refractivity contribution in [1.29, 1.82) is 0 Å². The lowest BCUT2D eigenvalue weighted by atomic mass is 10.3. The lowest BCUT2D eigenvalue weighted by Gasteiger charge is -1.96. The minimum Gasteiger partial charge on any atom is -0.302 e. The van der Waals surface area contributed by atoms with Crippen LogP contribution < -0.4 is 5.32 Å². The van der Waals surface area contributed by atoms with E-state index < -0.39 is 0 Å². The maximum atomic E-state index is 11.4. The molecule has 84 valence electrons. The van der Waals surface area contributed by atoms with E-state index in [-0.39, 0.29) is 5.91 Å². The predicted octanol–water partition coefficient (Wildman–Crippen LogP) is 3.67. The second kappa shape index (κ2) is 5.12. The Morgan fingerprint density at radius 2 is 2.38 bits per heavy atom. The number of anilines is 1. The topological polar surface area (TPSA) is 42.0 Å². The van der Waals surface area contributed by atoms with Gasteiger partial charge >= 0.3 is 0 Å². The summed E-state index contributed by atoms with van der Waals surface area (Å²) < 4.78 is 0.974. The highest BCUT2D eigenvalue weighted by atomic mass is 79.9. The molecule has 0 saturated heterocycles. The molecule has 0 spiro atoms. The van der Waals surface area contributed by atoms with Crippen LogP contribution in [0.4, 0.5) is 5.13 Å². The van der Waals surface area contributed by atoms with E-state index in [2.05, 4.69) is 26.2 Å². The van der Waals surface area contributed by atoms with Gasteiger partial charge in [-0.2, -0.15) is 0 Å². The van der Waals surface area contributed by atoms with Gasteiger partial charge in [0.1, 0.15) is 5.52 Å². The highest BCUT2D eigenvalue weighted by molar-refractivity contribution is 9.09. The van der Waals surface area contributed by atoms with E-state index in [1.165, 1.54) is 11.3 Å². The van der Waals surface area contributed by atoms with Crippen molar-refractivity contribution in [2.75, 3.05) is 10.6 Å². The SMILES string of the molecule is O=C(CCBr)Nc1nc2c(Cl)cccc2s1. The van der Waals surface area contributed by atoms with Crippen LogP contribution in [0.25, 0.3) is 10.2 Å². The van der Waals surface area contributed by atoms with Crippen molar-refractivity contribution in [3.05, 3.63) is 23.2 Å². The second-order valence-corrected chi connectivity index (χ2v) is 5.32. The van der Waals surface area contributed by atoms with Crippen LogP contribution in [-0.2, 0) is 4.79 Å². The van der Waals surface area contributed by atoms with Crippen LogP contribution in [0.5, 0.6) is 0 Å². The van der Waals surface area contributed by atoms with Gasteiger partial charge in [0.2, 0.25) is 5.91 Å². The van der Waals surface area contributed by atoms with Gasteiger partial charge in [-0.05, 0) is 12.1 Å². The first kappa shape index (κ1) is 11.8. The Morgan fingerprint density at radius 3 is 3.06 bits per heavy atom. The lowest BCUT2D eigenvalue weighted by molar-refractivity contribution is -0.115. The molecule has 0 aliphatic rings. The first-order valence-electron chi connectivity index (χ1n) is 4.61. The van der Waals surface area contributed by atoms with E-state index >= 15 is 0 Å². The number of hydrogen-bond donors (Lipinski definition) is 1. The third-order valence-electron chi connectivity index (χ3n) is 1.94. The van der Waals surface area contributed by atoms with Gasteiger partial charge in [-0.15, -0.1) is 0 Å². The normalized spacial score (nSPS) is 10.6. The predicted molar refractivity (Wildman–Crippen MR) is 71.7 cm³/mol. The number of amides is 1. The maximum Gasteiger partial charge on any atom is 0.226 e. The largest absolute Gasteiger partial charge is 0.302 e. The van der Waals surface area contributed by atoms with E-state index in [1.807, 2.05) is 12.1 Å². The van der Waals surface area contributed by atoms with Crippen molar-refractivity contribution >= 4 is 60.1 Å². The number of benzene rings is 1. The van der Waals surface area contributed by atoms with Gasteiger partial charge in [-0.1, -0.05) is 44.9 Å². The van der Waals surface area contributed by atoms with E-state index in [0.717, 1.165) is 10.2 Å². The summed E-state index contributed by atoms with van der Waals surface area (Å²) in [5, 5.41) is 4.58. The Bertz CT molecular complexity index is 529. The molecule has 0 radical (unpaired) electrons. The molecule has 0 fully saturated rings. The maximum absolute atomic E-state index is 11.4. The molecule has 0 atom stereocenters. The molecule has 0 saturated carbocycles. The number of aromatic nitrogens is 1. The summed E-state index contributed by atoms with van der Waals surface area (Å²) in [5.41, 5.74) is 0.739. The Kier molecular flexibility index (Phi) is 3.78. The highest BCUT2D eigenvalue weighted by Crippen LogP contribution is 2.30. The molecule has 2 aromatic rings. The molecule has 1 heterocycles. The Labute approximate surface area is 110 Å². The molecule has 2 rings (SSSR count). The third kappa shape index (κ3) is 2.53. The fourth-order valence-electron chi connectivity index (χ4n) is 1.24. The van der Waals surface area contributed by atoms with Crippen molar-refractivity contribution in [3.63, 3.8) is 0 Å². The minimum absolute atomic E-state index is 0.0490. The molecule has 1 aromatic heterocycles. The number of nitrogens with zero attached hydrogens (tertiary/aromatic N) is 1. The quantitative estimate of drug-likeness (QED) is 0.877. The zero-order chi connectivity index (χ0) is 11.5. The van der Waals surface area contributed by atoms with E-state index in [0.29, 0.717) is 21.9 Å². The number of halogens is 2. The number of carbonyl (C=O) groups is 1. The summed E-state index contributed by atoms with van der Waals surface area (Å²) in [4.78, 5) is 15.6. The van der Waals surface area contributed by atoms with Gasteiger partial charge in [0.15, 0.2) is 5.13 Å². The van der Waals surface area contributed by atoms with Gasteiger partial charge < -0.3 is 5.32 Å². The van der Waals surface area contributed by atoms with Crippen molar-refractivity contribution in [2.45, 2.75) is 6.42 Å². The average molecular weight is 320 g/mol. The van der Waals surface area contributed by atoms with Gasteiger partial charge in [0, 0.05) is 11.8 Å². The molecular formula is C10H8BrClN2OS. The number of hydrogen-bond acceptors (Lipinski definition) is 3. The Balaban J connectivity index is 2.26. The zero-order valence-electron chi connectivity index (χ0n) is 8.17. The number of rotatable bonds is 3. The molecule has 3 nitrogen and oxygen atoms in total. The number of para-hydroxylation sites is 1. The molecule has 0 aliphatic carbocycles. The summed E-state index contributed by atoms with van der Waals surface area (Å²) in [6.07, 6.45) is 0.434. The van der Waals surface area contributed by atoms with Crippen molar-refractivity contribution in [1.82, 2.24) is 4.98 Å². The first-order chi connectivity index (χ1) is 7.70. The molecule has 16 heavy (non-hydrogen) atoms. The number of fused-ring (bicyclic) bond motifs is 1. The van der Waals surface area contributed by atoms with Crippen LogP contribution in [0.2, 0.25) is 5.02 Å². The van der Waals surface area contributed by atoms with Crippen LogP contribution in [0.1, 0.15) is 6.42 Å². The van der Waals surface area contributed by atoms with Crippen molar-refractivity contribution in [2.24, 2.45) is 0 Å². The fourth-order valence-corrected chi connectivity index (χ4v) is 2.78. The van der Waals surface area contributed by atoms with Crippen LogP contribution in [0.15, 0.2) is 18.2 Å². The molecular weight excluding hydrogens is 312 g/mol. The Morgan fingerprint density at radius 1 is 1.56 bits per heavy atom. The first-order valence-corrected chi connectivity index (χ1v) is 6.93. The lowest BCUT2D eigenvalue weighted by Crippen LogP contribution is -2.11. The van der Waals surface area contributed by atoms with E-state index in [1.54, 1.807) is 6.07 Å². The van der Waals surface area contributed by atoms with Gasteiger partial charge in [0.25, 0.3) is 0 Å². The third-order valence-corrected chi connectivity index (χ3v) is 3.58. The van der Waals surface area contributed by atoms with Gasteiger partial charge in [-0.3, -0.25) is 4.79 Å². The molecule has 0 aliphatic heterocycles. The summed E-state index contributed by atoms with van der Waals surface area (Å²) >= 11 is 10.6. The molecule has 1 N–H and O–H groups in total. The molecule has 1 aromatic carbocycles. The Hall–Kier alpha value is -0.650. The van der Waals surface area contributed by atoms with Crippen LogP contribution in [0, 0.1) is 0 Å². The van der Waals surface area contributed by atoms with E-state index in [9.17, 15) is 4.79 Å². The summed E-state index contributed by atoms with van der Waals surface area (Å²) in [6, 6.07) is 5.58. The monoisotopic (exact) mass is 318 g/mol. The molecule has 0 bridgehead atoms. The van der Waals surface area contributed by atoms with Gasteiger partial charge in [-0.25, -0.2) is 4.98 Å². The zero-order valence-corrected chi connectivity index (χ0v) is 11.3. The van der Waals surface area contributed by atoms with Gasteiger partial charge in [0.05, 0.1) is 9.72 Å². The molecule has 1 amide bonds. The molecule has 0 unspecified atom stereocenters. The fraction of sp³-hybridized carbons (Fsp3) is 0.200.